The third kappa shape index (κ3) is 1.31. The van der Waals surface area contributed by atoms with Gasteiger partial charge in [0.1, 0.15) is 10.3 Å². The highest BCUT2D eigenvalue weighted by Gasteiger charge is 2.10. The average molecular weight is 241 g/mol. The quantitative estimate of drug-likeness (QED) is 0.750. The number of H-pyrrole nitrogens is 1. The maximum absolute atomic E-state index is 10.7. The Balaban J connectivity index is 2.76. The number of pyridine rings is 1. The smallest absolute Gasteiger partial charge is 0.338 e. The summed E-state index contributed by atoms with van der Waals surface area (Å²) in [5.41, 5.74) is 0.851. The summed E-state index contributed by atoms with van der Waals surface area (Å²) in [6.07, 6.45) is 1.72. The summed E-state index contributed by atoms with van der Waals surface area (Å²) < 4.78 is 0.343. The first kappa shape index (κ1) is 8.25. The molecule has 0 aromatic carbocycles. The van der Waals surface area contributed by atoms with Gasteiger partial charge in [-0.2, -0.15) is 0 Å². The topological polar surface area (TPSA) is 66.0 Å². The lowest BCUT2D eigenvalue weighted by Crippen LogP contribution is -1.99. The van der Waals surface area contributed by atoms with E-state index in [-0.39, 0.29) is 5.56 Å². The van der Waals surface area contributed by atoms with Crippen LogP contribution in [0.4, 0.5) is 0 Å². The molecule has 4 nitrogen and oxygen atoms in total. The number of carboxylic acids is 1. The van der Waals surface area contributed by atoms with Gasteiger partial charge in [-0.3, -0.25) is 0 Å². The molecule has 2 heterocycles. The number of nitrogens with zero attached hydrogens (tertiary/aromatic N) is 1. The molecular weight excluding hydrogens is 236 g/mol. The number of hydrogen-bond donors (Lipinski definition) is 2. The van der Waals surface area contributed by atoms with Crippen LogP contribution in [-0.2, 0) is 0 Å². The molecule has 0 bridgehead atoms. The Morgan fingerprint density at radius 3 is 3.08 bits per heavy atom. The van der Waals surface area contributed by atoms with E-state index in [9.17, 15) is 4.79 Å². The zero-order chi connectivity index (χ0) is 9.42. The van der Waals surface area contributed by atoms with E-state index < -0.39 is 5.97 Å². The van der Waals surface area contributed by atoms with Gasteiger partial charge in [0, 0.05) is 11.6 Å². The van der Waals surface area contributed by atoms with Crippen LogP contribution < -0.4 is 0 Å². The molecule has 0 radical (unpaired) electrons. The average Bonchev–Trinajstić information content (AvgIpc) is 2.48. The number of rotatable bonds is 1. The van der Waals surface area contributed by atoms with Gasteiger partial charge in [0.05, 0.1) is 5.56 Å². The van der Waals surface area contributed by atoms with Crippen LogP contribution >= 0.6 is 15.9 Å². The first-order valence-corrected chi connectivity index (χ1v) is 4.34. The van der Waals surface area contributed by atoms with Crippen molar-refractivity contribution in [2.24, 2.45) is 0 Å². The summed E-state index contributed by atoms with van der Waals surface area (Å²) in [5.74, 6) is -0.984. The highest BCUT2D eigenvalue weighted by molar-refractivity contribution is 9.10. The van der Waals surface area contributed by atoms with Crippen molar-refractivity contribution in [1.29, 1.82) is 0 Å². The Bertz CT molecular complexity index is 478. The lowest BCUT2D eigenvalue weighted by Gasteiger charge is -1.97. The van der Waals surface area contributed by atoms with E-state index in [1.54, 1.807) is 18.3 Å². The van der Waals surface area contributed by atoms with Crippen LogP contribution in [0.1, 0.15) is 10.4 Å². The standard InChI is InChI=1S/C8H5BrN2O2/c9-6-5(8(12)13)3-4-1-2-10-7(4)11-6/h1-3H,(H,10,11)(H,12,13). The molecule has 2 rings (SSSR count). The van der Waals surface area contributed by atoms with Gasteiger partial charge < -0.3 is 10.1 Å². The van der Waals surface area contributed by atoms with Crippen LogP contribution in [0.3, 0.4) is 0 Å². The predicted octanol–water partition coefficient (Wildman–Crippen LogP) is 2.02. The number of aromatic amines is 1. The van der Waals surface area contributed by atoms with E-state index in [0.29, 0.717) is 10.3 Å². The van der Waals surface area contributed by atoms with Gasteiger partial charge in [0.25, 0.3) is 0 Å². The summed E-state index contributed by atoms with van der Waals surface area (Å²) in [6, 6.07) is 3.35. The zero-order valence-electron chi connectivity index (χ0n) is 6.41. The van der Waals surface area contributed by atoms with Crippen molar-refractivity contribution in [2.75, 3.05) is 0 Å². The van der Waals surface area contributed by atoms with Crippen LogP contribution in [0.25, 0.3) is 11.0 Å². The second-order valence-corrected chi connectivity index (χ2v) is 3.30. The number of halogens is 1. The SMILES string of the molecule is O=C(O)c1cc2cc[nH]c2nc1Br. The molecule has 0 atom stereocenters. The number of hydrogen-bond acceptors (Lipinski definition) is 2. The number of aromatic carboxylic acids is 1. The number of fused-ring (bicyclic) bond motifs is 1. The van der Waals surface area contributed by atoms with Crippen LogP contribution in [0, 0.1) is 0 Å². The minimum absolute atomic E-state index is 0.173. The fourth-order valence-corrected chi connectivity index (χ4v) is 1.57. The lowest BCUT2D eigenvalue weighted by molar-refractivity contribution is 0.0695. The third-order valence-electron chi connectivity index (χ3n) is 1.72. The van der Waals surface area contributed by atoms with Gasteiger partial charge in [-0.05, 0) is 28.1 Å². The van der Waals surface area contributed by atoms with E-state index in [0.717, 1.165) is 5.39 Å². The van der Waals surface area contributed by atoms with Crippen LogP contribution in [0.15, 0.2) is 22.9 Å². The Labute approximate surface area is 81.7 Å². The lowest BCUT2D eigenvalue weighted by atomic mass is 10.2. The summed E-state index contributed by atoms with van der Waals surface area (Å²) in [5, 5.41) is 9.57. The molecule has 0 unspecified atom stereocenters. The molecular formula is C8H5BrN2O2. The van der Waals surface area contributed by atoms with E-state index in [2.05, 4.69) is 25.9 Å². The molecule has 0 saturated carbocycles. The van der Waals surface area contributed by atoms with Gasteiger partial charge in [-0.15, -0.1) is 0 Å². The fraction of sp³-hybridized carbons (Fsp3) is 0. The summed E-state index contributed by atoms with van der Waals surface area (Å²) >= 11 is 3.09. The first-order valence-electron chi connectivity index (χ1n) is 3.55. The van der Waals surface area contributed by atoms with Gasteiger partial charge in [-0.25, -0.2) is 9.78 Å². The minimum atomic E-state index is -0.984. The van der Waals surface area contributed by atoms with Crippen LogP contribution in [-0.4, -0.2) is 21.0 Å². The first-order chi connectivity index (χ1) is 6.18. The second-order valence-electron chi connectivity index (χ2n) is 2.55. The molecule has 0 saturated heterocycles. The molecule has 0 fully saturated rings. The van der Waals surface area contributed by atoms with E-state index in [4.69, 9.17) is 5.11 Å². The van der Waals surface area contributed by atoms with Gasteiger partial charge in [0.15, 0.2) is 0 Å². The van der Waals surface area contributed by atoms with E-state index >= 15 is 0 Å². The monoisotopic (exact) mass is 240 g/mol. The second kappa shape index (κ2) is 2.85. The summed E-state index contributed by atoms with van der Waals surface area (Å²) in [6.45, 7) is 0. The number of nitrogens with one attached hydrogen (secondary N) is 1. The molecule has 0 spiro atoms. The largest absolute Gasteiger partial charge is 0.478 e. The molecule has 5 heteroatoms. The zero-order valence-corrected chi connectivity index (χ0v) is 8.00. The van der Waals surface area contributed by atoms with Crippen molar-refractivity contribution < 1.29 is 9.90 Å². The van der Waals surface area contributed by atoms with Crippen molar-refractivity contribution in [2.45, 2.75) is 0 Å². The van der Waals surface area contributed by atoms with Gasteiger partial charge >= 0.3 is 5.97 Å². The molecule has 0 aliphatic heterocycles. The Morgan fingerprint density at radius 1 is 1.62 bits per heavy atom. The molecule has 66 valence electrons. The van der Waals surface area contributed by atoms with Crippen LogP contribution in [0.2, 0.25) is 0 Å². The van der Waals surface area contributed by atoms with Crippen molar-refractivity contribution in [1.82, 2.24) is 9.97 Å². The summed E-state index contributed by atoms with van der Waals surface area (Å²) in [4.78, 5) is 17.6. The minimum Gasteiger partial charge on any atom is -0.478 e. The Kier molecular flexibility index (Phi) is 1.81. The number of carboxylic acid groups (broad SMARTS) is 1. The third-order valence-corrected chi connectivity index (χ3v) is 2.32. The molecule has 2 aromatic heterocycles. The molecule has 0 aliphatic rings. The molecule has 13 heavy (non-hydrogen) atoms. The van der Waals surface area contributed by atoms with Crippen molar-refractivity contribution in [3.63, 3.8) is 0 Å². The summed E-state index contributed by atoms with van der Waals surface area (Å²) in [7, 11) is 0. The molecule has 0 aliphatic carbocycles. The number of aromatic nitrogens is 2. The maximum atomic E-state index is 10.7. The van der Waals surface area contributed by atoms with Crippen LogP contribution in [0.5, 0.6) is 0 Å². The molecule has 2 N–H and O–H groups in total. The van der Waals surface area contributed by atoms with E-state index in [1.165, 1.54) is 0 Å². The van der Waals surface area contributed by atoms with Crippen molar-refractivity contribution in [3.05, 3.63) is 28.5 Å². The normalized spacial score (nSPS) is 10.5. The highest BCUT2D eigenvalue weighted by Crippen LogP contribution is 2.19. The Hall–Kier alpha value is -1.36. The highest BCUT2D eigenvalue weighted by atomic mass is 79.9. The predicted molar refractivity (Wildman–Crippen MR) is 50.8 cm³/mol. The van der Waals surface area contributed by atoms with Crippen molar-refractivity contribution in [3.8, 4) is 0 Å². The molecule has 2 aromatic rings. The molecule has 0 amide bonds. The van der Waals surface area contributed by atoms with Gasteiger partial charge in [-0.1, -0.05) is 0 Å². The maximum Gasteiger partial charge on any atom is 0.338 e. The fourth-order valence-electron chi connectivity index (χ4n) is 1.11. The Morgan fingerprint density at radius 2 is 2.38 bits per heavy atom. The number of carbonyl (C=O) groups is 1. The van der Waals surface area contributed by atoms with E-state index in [1.807, 2.05) is 0 Å². The van der Waals surface area contributed by atoms with Gasteiger partial charge in [0.2, 0.25) is 0 Å². The van der Waals surface area contributed by atoms with Crippen molar-refractivity contribution >= 4 is 32.9 Å².